The van der Waals surface area contributed by atoms with Gasteiger partial charge in [0.15, 0.2) is 5.13 Å². The molecular weight excluding hydrogens is 272 g/mol. The van der Waals surface area contributed by atoms with Gasteiger partial charge in [-0.1, -0.05) is 35.6 Å². The van der Waals surface area contributed by atoms with E-state index in [1.54, 1.807) is 0 Å². The van der Waals surface area contributed by atoms with E-state index < -0.39 is 0 Å². The van der Waals surface area contributed by atoms with E-state index in [0.717, 1.165) is 23.7 Å². The molecule has 0 amide bonds. The summed E-state index contributed by atoms with van der Waals surface area (Å²) in [5.41, 5.74) is 3.45. The lowest BCUT2D eigenvalue weighted by molar-refractivity contribution is 0.0605. The highest BCUT2D eigenvalue weighted by Crippen LogP contribution is 2.35. The number of methoxy groups -OCH3 is 1. The fourth-order valence-corrected chi connectivity index (χ4v) is 3.53. The van der Waals surface area contributed by atoms with Gasteiger partial charge >= 0.3 is 5.97 Å². The predicted octanol–water partition coefficient (Wildman–Crippen LogP) is 3.34. The zero-order valence-electron chi connectivity index (χ0n) is 11.5. The van der Waals surface area contributed by atoms with Crippen molar-refractivity contribution in [1.29, 1.82) is 0 Å². The van der Waals surface area contributed by atoms with Crippen molar-refractivity contribution < 1.29 is 9.53 Å². The molecule has 4 nitrogen and oxygen atoms in total. The first-order valence-corrected chi connectivity index (χ1v) is 7.40. The van der Waals surface area contributed by atoms with Gasteiger partial charge in [0, 0.05) is 0 Å². The smallest absolute Gasteiger partial charge is 0.350 e. The summed E-state index contributed by atoms with van der Waals surface area (Å²) in [7, 11) is 1.39. The van der Waals surface area contributed by atoms with Crippen molar-refractivity contribution in [2.45, 2.75) is 25.8 Å². The average molecular weight is 288 g/mol. The Balaban J connectivity index is 1.81. The summed E-state index contributed by atoms with van der Waals surface area (Å²) in [6.07, 6.45) is 2.15. The maximum atomic E-state index is 11.6. The lowest BCUT2D eigenvalue weighted by Gasteiger charge is -2.12. The molecule has 1 aliphatic carbocycles. The minimum atomic E-state index is -0.320. The first-order valence-electron chi connectivity index (χ1n) is 6.59. The van der Waals surface area contributed by atoms with E-state index in [4.69, 9.17) is 4.74 Å². The van der Waals surface area contributed by atoms with Gasteiger partial charge in [-0.15, -0.1) is 0 Å². The zero-order valence-corrected chi connectivity index (χ0v) is 12.3. The van der Waals surface area contributed by atoms with Gasteiger partial charge in [-0.25, -0.2) is 9.78 Å². The first kappa shape index (κ1) is 13.1. The summed E-state index contributed by atoms with van der Waals surface area (Å²) in [5.74, 6) is -0.320. The number of nitrogens with zero attached hydrogens (tertiary/aromatic N) is 1. The number of hydrogen-bond acceptors (Lipinski definition) is 5. The van der Waals surface area contributed by atoms with Gasteiger partial charge in [0.25, 0.3) is 0 Å². The van der Waals surface area contributed by atoms with E-state index in [1.165, 1.54) is 29.6 Å². The van der Waals surface area contributed by atoms with Gasteiger partial charge in [-0.05, 0) is 30.9 Å². The minimum absolute atomic E-state index is 0.280. The summed E-state index contributed by atoms with van der Waals surface area (Å²) >= 11 is 1.36. The molecule has 0 spiro atoms. The summed E-state index contributed by atoms with van der Waals surface area (Å²) in [4.78, 5) is 16.6. The van der Waals surface area contributed by atoms with E-state index in [0.29, 0.717) is 4.88 Å². The molecule has 0 saturated heterocycles. The van der Waals surface area contributed by atoms with Crippen LogP contribution in [0, 0.1) is 6.92 Å². The maximum Gasteiger partial charge on any atom is 0.350 e. The van der Waals surface area contributed by atoms with Crippen molar-refractivity contribution in [3.8, 4) is 0 Å². The summed E-state index contributed by atoms with van der Waals surface area (Å²) < 4.78 is 4.76. The SMILES string of the molecule is COC(=O)c1sc(NC2CCc3ccccc32)nc1C. The van der Waals surface area contributed by atoms with Crippen LogP contribution >= 0.6 is 11.3 Å². The molecule has 0 fully saturated rings. The van der Waals surface area contributed by atoms with E-state index in [9.17, 15) is 4.79 Å². The molecule has 0 saturated carbocycles. The number of esters is 1. The molecule has 1 aliphatic rings. The monoisotopic (exact) mass is 288 g/mol. The first-order chi connectivity index (χ1) is 9.69. The Labute approximate surface area is 121 Å². The fourth-order valence-electron chi connectivity index (χ4n) is 2.60. The molecule has 1 aromatic heterocycles. The molecule has 5 heteroatoms. The van der Waals surface area contributed by atoms with Crippen LogP contribution in [0.25, 0.3) is 0 Å². The van der Waals surface area contributed by atoms with Crippen molar-refractivity contribution in [2.24, 2.45) is 0 Å². The third kappa shape index (κ3) is 2.29. The number of nitrogens with one attached hydrogen (secondary N) is 1. The molecule has 1 atom stereocenters. The number of carbonyl (C=O) groups excluding carboxylic acids is 1. The van der Waals surface area contributed by atoms with Gasteiger partial charge in [-0.2, -0.15) is 0 Å². The summed E-state index contributed by atoms with van der Waals surface area (Å²) in [5, 5.41) is 4.22. The molecule has 2 aromatic rings. The highest BCUT2D eigenvalue weighted by atomic mass is 32.1. The van der Waals surface area contributed by atoms with E-state index in [1.807, 2.05) is 6.92 Å². The van der Waals surface area contributed by atoms with Crippen LogP contribution in [0.1, 0.15) is 39.0 Å². The molecule has 0 bridgehead atoms. The van der Waals surface area contributed by atoms with Gasteiger partial charge in [0.1, 0.15) is 4.88 Å². The van der Waals surface area contributed by atoms with Crippen LogP contribution in [0.3, 0.4) is 0 Å². The average Bonchev–Trinajstić information content (AvgIpc) is 3.03. The molecule has 3 rings (SSSR count). The second-order valence-electron chi connectivity index (χ2n) is 4.86. The number of benzene rings is 1. The van der Waals surface area contributed by atoms with E-state index in [-0.39, 0.29) is 12.0 Å². The van der Waals surface area contributed by atoms with E-state index >= 15 is 0 Å². The topological polar surface area (TPSA) is 51.2 Å². The van der Waals surface area contributed by atoms with Crippen molar-refractivity contribution in [3.63, 3.8) is 0 Å². The largest absolute Gasteiger partial charge is 0.465 e. The highest BCUT2D eigenvalue weighted by Gasteiger charge is 2.24. The Kier molecular flexibility index (Phi) is 3.44. The number of carbonyl (C=O) groups is 1. The zero-order chi connectivity index (χ0) is 14.1. The quantitative estimate of drug-likeness (QED) is 0.880. The van der Waals surface area contributed by atoms with Gasteiger partial charge in [0.2, 0.25) is 0 Å². The van der Waals surface area contributed by atoms with Crippen LogP contribution in [-0.4, -0.2) is 18.1 Å². The highest BCUT2D eigenvalue weighted by molar-refractivity contribution is 7.17. The molecule has 1 heterocycles. The van der Waals surface area contributed by atoms with Crippen molar-refractivity contribution in [3.05, 3.63) is 46.0 Å². The Hall–Kier alpha value is -1.88. The van der Waals surface area contributed by atoms with Crippen LogP contribution in [0.5, 0.6) is 0 Å². The molecule has 1 unspecified atom stereocenters. The van der Waals surface area contributed by atoms with Crippen LogP contribution in [0.2, 0.25) is 0 Å². The molecule has 0 radical (unpaired) electrons. The summed E-state index contributed by atoms with van der Waals surface area (Å²) in [6.45, 7) is 1.83. The number of thiazole rings is 1. The molecule has 1 aromatic carbocycles. The number of aromatic nitrogens is 1. The minimum Gasteiger partial charge on any atom is -0.465 e. The number of anilines is 1. The molecule has 104 valence electrons. The Morgan fingerprint density at radius 2 is 2.25 bits per heavy atom. The molecule has 1 N–H and O–H groups in total. The Morgan fingerprint density at radius 3 is 3.05 bits per heavy atom. The number of ether oxygens (including phenoxy) is 1. The second kappa shape index (κ2) is 5.25. The maximum absolute atomic E-state index is 11.6. The second-order valence-corrected chi connectivity index (χ2v) is 5.86. The lowest BCUT2D eigenvalue weighted by Crippen LogP contribution is -2.06. The van der Waals surface area contributed by atoms with Crippen molar-refractivity contribution in [1.82, 2.24) is 4.98 Å². The van der Waals surface area contributed by atoms with Crippen LogP contribution in [0.4, 0.5) is 5.13 Å². The number of hydrogen-bond donors (Lipinski definition) is 1. The van der Waals surface area contributed by atoms with Crippen molar-refractivity contribution in [2.75, 3.05) is 12.4 Å². The third-order valence-corrected chi connectivity index (χ3v) is 4.67. The molecular formula is C15H16N2O2S. The van der Waals surface area contributed by atoms with Crippen LogP contribution in [0.15, 0.2) is 24.3 Å². The third-order valence-electron chi connectivity index (χ3n) is 3.60. The van der Waals surface area contributed by atoms with Crippen LogP contribution in [-0.2, 0) is 11.2 Å². The van der Waals surface area contributed by atoms with Gasteiger partial charge in [-0.3, -0.25) is 0 Å². The molecule has 20 heavy (non-hydrogen) atoms. The predicted molar refractivity (Wildman–Crippen MR) is 79.3 cm³/mol. The number of aryl methyl sites for hydroxylation is 2. The Morgan fingerprint density at radius 1 is 1.45 bits per heavy atom. The number of fused-ring (bicyclic) bond motifs is 1. The molecule has 0 aliphatic heterocycles. The van der Waals surface area contributed by atoms with Crippen LogP contribution < -0.4 is 5.32 Å². The fraction of sp³-hybridized carbons (Fsp3) is 0.333. The lowest BCUT2D eigenvalue weighted by atomic mass is 10.1. The normalized spacial score (nSPS) is 16.8. The van der Waals surface area contributed by atoms with Gasteiger partial charge < -0.3 is 10.1 Å². The Bertz CT molecular complexity index is 651. The van der Waals surface area contributed by atoms with Gasteiger partial charge in [0.05, 0.1) is 18.8 Å². The standard InChI is InChI=1S/C15H16N2O2S/c1-9-13(14(18)19-2)20-15(16-9)17-12-8-7-10-5-3-4-6-11(10)12/h3-6,12H,7-8H2,1-2H3,(H,16,17). The summed E-state index contributed by atoms with van der Waals surface area (Å²) in [6, 6.07) is 8.74. The number of rotatable bonds is 3. The van der Waals surface area contributed by atoms with E-state index in [2.05, 4.69) is 34.6 Å². The van der Waals surface area contributed by atoms with Crippen molar-refractivity contribution >= 4 is 22.4 Å².